The molecule has 0 spiro atoms. The van der Waals surface area contributed by atoms with Crippen molar-refractivity contribution < 1.29 is 35.9 Å². The molecule has 33 heavy (non-hydrogen) atoms. The Morgan fingerprint density at radius 3 is 2.39 bits per heavy atom. The van der Waals surface area contributed by atoms with E-state index in [0.717, 1.165) is 25.7 Å². The molecule has 2 saturated carbocycles. The molecule has 2 aliphatic carbocycles. The lowest BCUT2D eigenvalue weighted by Gasteiger charge is -2.34. The SMILES string of the molecule is O=C(NC1CC1)c1ccc(OCCC2CC2C2CCN(CC(F)(F)C(F)(F)F)CC2)cc1F. The Hall–Kier alpha value is -1.97. The number of hydrogen-bond donors (Lipinski definition) is 1. The van der Waals surface area contributed by atoms with Crippen molar-refractivity contribution in [3.63, 3.8) is 0 Å². The van der Waals surface area contributed by atoms with Crippen LogP contribution in [-0.4, -0.2) is 55.2 Å². The monoisotopic (exact) mass is 478 g/mol. The van der Waals surface area contributed by atoms with Crippen LogP contribution in [0.2, 0.25) is 0 Å². The van der Waals surface area contributed by atoms with Crippen LogP contribution in [0.1, 0.15) is 48.9 Å². The van der Waals surface area contributed by atoms with Crippen molar-refractivity contribution in [1.82, 2.24) is 10.2 Å². The van der Waals surface area contributed by atoms with Crippen LogP contribution in [0.4, 0.5) is 26.3 Å². The van der Waals surface area contributed by atoms with E-state index in [2.05, 4.69) is 5.32 Å². The number of likely N-dealkylation sites (tertiary alicyclic amines) is 1. The van der Waals surface area contributed by atoms with E-state index in [1.165, 1.54) is 17.0 Å². The molecule has 0 bridgehead atoms. The molecule has 1 heterocycles. The highest BCUT2D eigenvalue weighted by Crippen LogP contribution is 2.50. The zero-order chi connectivity index (χ0) is 23.8. The van der Waals surface area contributed by atoms with E-state index >= 15 is 0 Å². The van der Waals surface area contributed by atoms with Crippen LogP contribution < -0.4 is 10.1 Å². The molecule has 1 aliphatic heterocycles. The first-order valence-corrected chi connectivity index (χ1v) is 11.4. The van der Waals surface area contributed by atoms with Gasteiger partial charge in [0.05, 0.1) is 18.7 Å². The van der Waals surface area contributed by atoms with Crippen LogP contribution in [0, 0.1) is 23.6 Å². The number of carbonyl (C=O) groups is 1. The van der Waals surface area contributed by atoms with Gasteiger partial charge in [0, 0.05) is 12.1 Å². The standard InChI is InChI=1S/C23H28F6N2O2/c24-20-12-17(3-4-18(20)21(32)30-16-1-2-16)33-10-7-15-11-19(15)14-5-8-31(9-6-14)13-22(25,26)23(27,28)29/h3-4,12,14-16,19H,1-2,5-11,13H2,(H,30,32). The van der Waals surface area contributed by atoms with E-state index < -0.39 is 30.4 Å². The number of ether oxygens (including phenoxy) is 1. The van der Waals surface area contributed by atoms with Gasteiger partial charge in [0.15, 0.2) is 0 Å². The van der Waals surface area contributed by atoms with Gasteiger partial charge < -0.3 is 10.1 Å². The molecule has 4 rings (SSSR count). The minimum absolute atomic E-state index is 0.00385. The molecule has 1 saturated heterocycles. The Balaban J connectivity index is 1.15. The predicted molar refractivity (Wildman–Crippen MR) is 109 cm³/mol. The first kappa shape index (κ1) is 24.2. The third kappa shape index (κ3) is 6.13. The number of piperidine rings is 1. The summed E-state index contributed by atoms with van der Waals surface area (Å²) in [5.41, 5.74) is -0.00385. The summed E-state index contributed by atoms with van der Waals surface area (Å²) in [6, 6.07) is 4.34. The topological polar surface area (TPSA) is 41.6 Å². The molecule has 3 fully saturated rings. The Kier molecular flexibility index (Phi) is 6.85. The number of halogens is 6. The van der Waals surface area contributed by atoms with Gasteiger partial charge in [-0.3, -0.25) is 9.69 Å². The van der Waals surface area contributed by atoms with Crippen LogP contribution in [-0.2, 0) is 0 Å². The number of hydrogen-bond acceptors (Lipinski definition) is 3. The van der Waals surface area contributed by atoms with E-state index in [0.29, 0.717) is 43.0 Å². The molecule has 1 amide bonds. The predicted octanol–water partition coefficient (Wildman–Crippen LogP) is 5.03. The number of alkyl halides is 5. The number of rotatable bonds is 9. The minimum Gasteiger partial charge on any atom is -0.493 e. The van der Waals surface area contributed by atoms with Gasteiger partial charge in [0.25, 0.3) is 5.91 Å². The Bertz CT molecular complexity index is 850. The average molecular weight is 478 g/mol. The molecule has 1 aromatic rings. The lowest BCUT2D eigenvalue weighted by Crippen LogP contribution is -2.49. The van der Waals surface area contributed by atoms with Gasteiger partial charge in [-0.15, -0.1) is 0 Å². The second-order valence-electron chi connectivity index (χ2n) is 9.50. The molecule has 0 aromatic heterocycles. The summed E-state index contributed by atoms with van der Waals surface area (Å²) in [7, 11) is 0. The quantitative estimate of drug-likeness (QED) is 0.506. The van der Waals surface area contributed by atoms with Crippen LogP contribution in [0.3, 0.4) is 0 Å². The Labute approximate surface area is 188 Å². The van der Waals surface area contributed by atoms with E-state index in [1.807, 2.05) is 0 Å². The summed E-state index contributed by atoms with van der Waals surface area (Å²) in [6.07, 6.45) is -0.688. The second kappa shape index (κ2) is 9.35. The first-order chi connectivity index (χ1) is 15.5. The maximum absolute atomic E-state index is 14.2. The van der Waals surface area contributed by atoms with Crippen molar-refractivity contribution in [3.8, 4) is 5.75 Å². The lowest BCUT2D eigenvalue weighted by atomic mass is 9.90. The fourth-order valence-corrected chi connectivity index (χ4v) is 4.68. The van der Waals surface area contributed by atoms with Crippen molar-refractivity contribution in [3.05, 3.63) is 29.6 Å². The van der Waals surface area contributed by atoms with E-state index in [4.69, 9.17) is 4.74 Å². The second-order valence-corrected chi connectivity index (χ2v) is 9.50. The first-order valence-electron chi connectivity index (χ1n) is 11.4. The third-order valence-corrected chi connectivity index (χ3v) is 6.91. The molecule has 4 nitrogen and oxygen atoms in total. The van der Waals surface area contributed by atoms with Crippen LogP contribution in [0.25, 0.3) is 0 Å². The summed E-state index contributed by atoms with van der Waals surface area (Å²) >= 11 is 0. The molecule has 1 aromatic carbocycles. The molecule has 2 unspecified atom stereocenters. The van der Waals surface area contributed by atoms with Gasteiger partial charge in [-0.2, -0.15) is 22.0 Å². The fraction of sp³-hybridized carbons (Fsp3) is 0.696. The smallest absolute Gasteiger partial charge is 0.454 e. The average Bonchev–Trinajstić information content (AvgIpc) is 3.64. The molecular weight excluding hydrogens is 450 g/mol. The summed E-state index contributed by atoms with van der Waals surface area (Å²) in [5, 5.41) is 2.74. The molecular formula is C23H28F6N2O2. The number of carbonyl (C=O) groups excluding carboxylic acids is 1. The highest BCUT2D eigenvalue weighted by atomic mass is 19.4. The number of benzene rings is 1. The van der Waals surface area contributed by atoms with E-state index in [9.17, 15) is 31.1 Å². The Morgan fingerprint density at radius 2 is 1.79 bits per heavy atom. The van der Waals surface area contributed by atoms with Crippen molar-refractivity contribution in [2.75, 3.05) is 26.2 Å². The van der Waals surface area contributed by atoms with Gasteiger partial charge in [-0.05, 0) is 81.5 Å². The fourth-order valence-electron chi connectivity index (χ4n) is 4.68. The van der Waals surface area contributed by atoms with E-state index in [-0.39, 0.29) is 24.7 Å². The van der Waals surface area contributed by atoms with Gasteiger partial charge >= 0.3 is 12.1 Å². The van der Waals surface area contributed by atoms with Crippen molar-refractivity contribution in [2.24, 2.45) is 17.8 Å². The highest BCUT2D eigenvalue weighted by molar-refractivity contribution is 5.95. The zero-order valence-electron chi connectivity index (χ0n) is 18.1. The summed E-state index contributed by atoms with van der Waals surface area (Å²) in [5.74, 6) is -4.19. The molecule has 1 N–H and O–H groups in total. The van der Waals surface area contributed by atoms with Crippen molar-refractivity contribution in [2.45, 2.75) is 56.7 Å². The van der Waals surface area contributed by atoms with Gasteiger partial charge in [0.2, 0.25) is 0 Å². The summed E-state index contributed by atoms with van der Waals surface area (Å²) < 4.78 is 83.5. The van der Waals surface area contributed by atoms with Crippen LogP contribution in [0.5, 0.6) is 5.75 Å². The molecule has 10 heteroatoms. The summed E-state index contributed by atoms with van der Waals surface area (Å²) in [6.45, 7) is -0.389. The molecule has 184 valence electrons. The number of amides is 1. The summed E-state index contributed by atoms with van der Waals surface area (Å²) in [4.78, 5) is 13.2. The van der Waals surface area contributed by atoms with Crippen molar-refractivity contribution in [1.29, 1.82) is 0 Å². The molecule has 2 atom stereocenters. The zero-order valence-corrected chi connectivity index (χ0v) is 18.1. The maximum Gasteiger partial charge on any atom is 0.454 e. The molecule has 3 aliphatic rings. The van der Waals surface area contributed by atoms with Gasteiger partial charge in [-0.25, -0.2) is 4.39 Å². The third-order valence-electron chi connectivity index (χ3n) is 6.91. The number of nitrogens with one attached hydrogen (secondary N) is 1. The van der Waals surface area contributed by atoms with Crippen molar-refractivity contribution >= 4 is 5.91 Å². The minimum atomic E-state index is -5.52. The molecule has 0 radical (unpaired) electrons. The van der Waals surface area contributed by atoms with Gasteiger partial charge in [0.1, 0.15) is 11.6 Å². The highest BCUT2D eigenvalue weighted by Gasteiger charge is 2.58. The lowest BCUT2D eigenvalue weighted by molar-refractivity contribution is -0.287. The van der Waals surface area contributed by atoms with Crippen LogP contribution in [0.15, 0.2) is 18.2 Å². The van der Waals surface area contributed by atoms with E-state index in [1.54, 1.807) is 6.07 Å². The number of nitrogens with zero attached hydrogens (tertiary/aromatic N) is 1. The Morgan fingerprint density at radius 1 is 1.09 bits per heavy atom. The maximum atomic E-state index is 14.2. The largest absolute Gasteiger partial charge is 0.493 e. The van der Waals surface area contributed by atoms with Gasteiger partial charge in [-0.1, -0.05) is 0 Å². The normalized spacial score (nSPS) is 24.5. The van der Waals surface area contributed by atoms with Crippen LogP contribution >= 0.6 is 0 Å².